The molecule has 0 aromatic heterocycles. The minimum atomic E-state index is 0.715. The Morgan fingerprint density at radius 1 is 0.958 bits per heavy atom. The third-order valence-electron chi connectivity index (χ3n) is 4.96. The molecule has 0 radical (unpaired) electrons. The van der Waals surface area contributed by atoms with Crippen LogP contribution in [0.5, 0.6) is 0 Å². The van der Waals surface area contributed by atoms with E-state index in [0.29, 0.717) is 5.92 Å². The van der Waals surface area contributed by atoms with Gasteiger partial charge >= 0.3 is 0 Å². The average Bonchev–Trinajstić information content (AvgIpc) is 2.64. The van der Waals surface area contributed by atoms with Gasteiger partial charge in [0.1, 0.15) is 0 Å². The van der Waals surface area contributed by atoms with E-state index < -0.39 is 0 Å². The number of unbranched alkanes of at least 4 members (excludes halogenated alkanes) is 7. The van der Waals surface area contributed by atoms with Gasteiger partial charge in [-0.2, -0.15) is 5.26 Å². The van der Waals surface area contributed by atoms with Crippen molar-refractivity contribution in [3.8, 4) is 6.07 Å². The molecule has 1 aromatic rings. The molecule has 1 unspecified atom stereocenters. The molecule has 128 valence electrons. The van der Waals surface area contributed by atoms with Crippen LogP contribution in [0.15, 0.2) is 42.5 Å². The summed E-state index contributed by atoms with van der Waals surface area (Å²) in [6, 6.07) is 10.1. The lowest BCUT2D eigenvalue weighted by Crippen LogP contribution is -2.00. The number of allylic oxidation sites excluding steroid dienone is 4. The highest BCUT2D eigenvalue weighted by atomic mass is 14.2. The van der Waals surface area contributed by atoms with Crippen molar-refractivity contribution in [3.63, 3.8) is 0 Å². The second-order valence-corrected chi connectivity index (χ2v) is 6.97. The predicted octanol–water partition coefficient (Wildman–Crippen LogP) is 7.05. The minimum Gasteiger partial charge on any atom is -0.192 e. The lowest BCUT2D eigenvalue weighted by atomic mass is 9.89. The summed E-state index contributed by atoms with van der Waals surface area (Å²) in [4.78, 5) is 0. The summed E-state index contributed by atoms with van der Waals surface area (Å²) in [7, 11) is 0. The Bertz CT molecular complexity index is 571. The molecule has 1 nitrogen and oxygen atoms in total. The molecule has 24 heavy (non-hydrogen) atoms. The molecule has 0 saturated carbocycles. The van der Waals surface area contributed by atoms with Crippen molar-refractivity contribution in [2.24, 2.45) is 5.92 Å². The molecule has 2 rings (SSSR count). The molecule has 1 aliphatic rings. The van der Waals surface area contributed by atoms with E-state index in [4.69, 9.17) is 5.26 Å². The van der Waals surface area contributed by atoms with E-state index in [0.717, 1.165) is 12.0 Å². The number of rotatable bonds is 10. The Labute approximate surface area is 148 Å². The van der Waals surface area contributed by atoms with Gasteiger partial charge in [0.15, 0.2) is 0 Å². The first-order valence-corrected chi connectivity index (χ1v) is 9.72. The molecule has 0 bridgehead atoms. The SMILES string of the molecule is CCCCCCCCCCC1C=CC(c2ccc(C#N)cc2)=CC1. The van der Waals surface area contributed by atoms with Gasteiger partial charge in [0, 0.05) is 0 Å². The standard InChI is InChI=1S/C23H31N/c1-2-3-4-5-6-7-8-9-10-20-11-15-22(16-12-20)23-17-13-21(19-24)14-18-23/h11,13-18,20H,2-10,12H2,1H3. The first-order chi connectivity index (χ1) is 11.8. The van der Waals surface area contributed by atoms with Crippen LogP contribution in [0.1, 0.15) is 82.3 Å². The third kappa shape index (κ3) is 6.36. The van der Waals surface area contributed by atoms with Crippen molar-refractivity contribution in [2.75, 3.05) is 0 Å². The fourth-order valence-corrected chi connectivity index (χ4v) is 3.37. The zero-order valence-corrected chi connectivity index (χ0v) is 15.1. The summed E-state index contributed by atoms with van der Waals surface area (Å²) < 4.78 is 0. The zero-order valence-electron chi connectivity index (χ0n) is 15.1. The van der Waals surface area contributed by atoms with E-state index in [-0.39, 0.29) is 0 Å². The summed E-state index contributed by atoms with van der Waals surface area (Å²) in [6.45, 7) is 2.28. The Hall–Kier alpha value is -1.81. The molecule has 0 aliphatic heterocycles. The first kappa shape index (κ1) is 18.5. The van der Waals surface area contributed by atoms with E-state index in [1.807, 2.05) is 24.3 Å². The van der Waals surface area contributed by atoms with Crippen molar-refractivity contribution in [1.29, 1.82) is 5.26 Å². The summed E-state index contributed by atoms with van der Waals surface area (Å²) in [5.74, 6) is 0.715. The molecule has 0 saturated heterocycles. The van der Waals surface area contributed by atoms with E-state index in [1.54, 1.807) is 0 Å². The van der Waals surface area contributed by atoms with Crippen LogP contribution in [0.4, 0.5) is 0 Å². The maximum absolute atomic E-state index is 8.87. The van der Waals surface area contributed by atoms with Gasteiger partial charge in [-0.05, 0) is 42.0 Å². The molecular formula is C23H31N. The first-order valence-electron chi connectivity index (χ1n) is 9.72. The third-order valence-corrected chi connectivity index (χ3v) is 4.96. The highest BCUT2D eigenvalue weighted by molar-refractivity contribution is 5.75. The predicted molar refractivity (Wildman–Crippen MR) is 104 cm³/mol. The van der Waals surface area contributed by atoms with Gasteiger partial charge in [-0.15, -0.1) is 0 Å². The van der Waals surface area contributed by atoms with Gasteiger partial charge in [-0.25, -0.2) is 0 Å². The second kappa shape index (κ2) is 10.9. The Kier molecular flexibility index (Phi) is 8.39. The fraction of sp³-hybridized carbons (Fsp3) is 0.522. The Morgan fingerprint density at radius 2 is 1.62 bits per heavy atom. The van der Waals surface area contributed by atoms with Crippen molar-refractivity contribution in [2.45, 2.75) is 71.1 Å². The number of nitriles is 1. The summed E-state index contributed by atoms with van der Waals surface area (Å²) in [5.41, 5.74) is 3.24. The molecule has 0 spiro atoms. The molecule has 1 aromatic carbocycles. The van der Waals surface area contributed by atoms with Gasteiger partial charge in [-0.3, -0.25) is 0 Å². The number of hydrogen-bond donors (Lipinski definition) is 0. The summed E-state index contributed by atoms with van der Waals surface area (Å²) in [6.07, 6.45) is 20.7. The number of nitrogens with zero attached hydrogens (tertiary/aromatic N) is 1. The molecular weight excluding hydrogens is 290 g/mol. The van der Waals surface area contributed by atoms with Crippen LogP contribution < -0.4 is 0 Å². The van der Waals surface area contributed by atoms with E-state index >= 15 is 0 Å². The topological polar surface area (TPSA) is 23.8 Å². The van der Waals surface area contributed by atoms with Gasteiger partial charge in [0.05, 0.1) is 11.6 Å². The van der Waals surface area contributed by atoms with Gasteiger partial charge < -0.3 is 0 Å². The zero-order chi connectivity index (χ0) is 17.0. The van der Waals surface area contributed by atoms with E-state index in [9.17, 15) is 0 Å². The molecule has 1 aliphatic carbocycles. The van der Waals surface area contributed by atoms with Gasteiger partial charge in [0.25, 0.3) is 0 Å². The smallest absolute Gasteiger partial charge is 0.0991 e. The molecule has 1 heteroatoms. The van der Waals surface area contributed by atoms with Crippen LogP contribution in [0.25, 0.3) is 5.57 Å². The van der Waals surface area contributed by atoms with Crippen LogP contribution in [0, 0.1) is 17.2 Å². The minimum absolute atomic E-state index is 0.715. The van der Waals surface area contributed by atoms with Gasteiger partial charge in [0.2, 0.25) is 0 Å². The fourth-order valence-electron chi connectivity index (χ4n) is 3.37. The maximum Gasteiger partial charge on any atom is 0.0991 e. The van der Waals surface area contributed by atoms with Crippen LogP contribution >= 0.6 is 0 Å². The largest absolute Gasteiger partial charge is 0.192 e. The number of hydrogen-bond acceptors (Lipinski definition) is 1. The van der Waals surface area contributed by atoms with Crippen LogP contribution in [0.3, 0.4) is 0 Å². The molecule has 0 heterocycles. The van der Waals surface area contributed by atoms with Gasteiger partial charge in [-0.1, -0.05) is 88.7 Å². The summed E-state index contributed by atoms with van der Waals surface area (Å²) in [5, 5.41) is 8.87. The molecule has 0 fully saturated rings. The van der Waals surface area contributed by atoms with Crippen molar-refractivity contribution < 1.29 is 0 Å². The van der Waals surface area contributed by atoms with Crippen molar-refractivity contribution in [3.05, 3.63) is 53.6 Å². The second-order valence-electron chi connectivity index (χ2n) is 6.97. The average molecular weight is 322 g/mol. The van der Waals surface area contributed by atoms with Crippen LogP contribution in [0.2, 0.25) is 0 Å². The van der Waals surface area contributed by atoms with Crippen LogP contribution in [-0.4, -0.2) is 0 Å². The lowest BCUT2D eigenvalue weighted by molar-refractivity contribution is 0.514. The molecule has 0 amide bonds. The normalized spacial score (nSPS) is 16.7. The Morgan fingerprint density at radius 3 is 2.21 bits per heavy atom. The molecule has 1 atom stereocenters. The Balaban J connectivity index is 1.63. The van der Waals surface area contributed by atoms with Crippen molar-refractivity contribution in [1.82, 2.24) is 0 Å². The quantitative estimate of drug-likeness (QED) is 0.424. The number of benzene rings is 1. The monoisotopic (exact) mass is 321 g/mol. The highest BCUT2D eigenvalue weighted by Gasteiger charge is 2.09. The summed E-state index contributed by atoms with van der Waals surface area (Å²) >= 11 is 0. The van der Waals surface area contributed by atoms with E-state index in [2.05, 4.69) is 31.2 Å². The van der Waals surface area contributed by atoms with Crippen molar-refractivity contribution >= 4 is 5.57 Å². The van der Waals surface area contributed by atoms with Crippen LogP contribution in [-0.2, 0) is 0 Å². The highest BCUT2D eigenvalue weighted by Crippen LogP contribution is 2.27. The van der Waals surface area contributed by atoms with E-state index in [1.165, 1.54) is 68.9 Å². The maximum atomic E-state index is 8.87. The molecule has 0 N–H and O–H groups in total. The lowest BCUT2D eigenvalue weighted by Gasteiger charge is -2.16.